The van der Waals surface area contributed by atoms with E-state index >= 15 is 0 Å². The highest BCUT2D eigenvalue weighted by atomic mass is 79.9. The van der Waals surface area contributed by atoms with Crippen molar-refractivity contribution in [3.05, 3.63) is 45.1 Å². The Labute approximate surface area is 136 Å². The summed E-state index contributed by atoms with van der Waals surface area (Å²) < 4.78 is 27.5. The number of rotatable bonds is 5. The summed E-state index contributed by atoms with van der Waals surface area (Å²) in [6.07, 6.45) is 0.774. The second-order valence-electron chi connectivity index (χ2n) is 4.22. The number of sulfonamides is 1. The van der Waals surface area contributed by atoms with Crippen LogP contribution < -0.4 is 4.72 Å². The van der Waals surface area contributed by atoms with Gasteiger partial charge in [-0.05, 0) is 42.0 Å². The van der Waals surface area contributed by atoms with E-state index in [-0.39, 0.29) is 4.90 Å². The highest BCUT2D eigenvalue weighted by molar-refractivity contribution is 9.09. The number of benzene rings is 1. The number of hydrogen-bond acceptors (Lipinski definition) is 3. The second-order valence-corrected chi connectivity index (χ2v) is 7.81. The van der Waals surface area contributed by atoms with E-state index in [0.717, 1.165) is 17.3 Å². The second kappa shape index (κ2) is 6.47. The first-order valence-corrected chi connectivity index (χ1v) is 9.77. The third-order valence-electron chi connectivity index (χ3n) is 2.86. The van der Waals surface area contributed by atoms with E-state index in [1.807, 2.05) is 5.38 Å². The Hall–Kier alpha value is -0.560. The van der Waals surface area contributed by atoms with Gasteiger partial charge in [0.2, 0.25) is 0 Å². The topological polar surface area (TPSA) is 46.2 Å². The van der Waals surface area contributed by atoms with E-state index in [2.05, 4.69) is 20.7 Å². The average molecular weight is 395 g/mol. The van der Waals surface area contributed by atoms with Crippen LogP contribution in [0.3, 0.4) is 0 Å². The van der Waals surface area contributed by atoms with Crippen molar-refractivity contribution >= 4 is 54.6 Å². The summed E-state index contributed by atoms with van der Waals surface area (Å²) in [5, 5.41) is 4.98. The fraction of sp³-hybridized carbons (Fsp3) is 0.231. The molecule has 1 heterocycles. The van der Waals surface area contributed by atoms with Crippen LogP contribution in [0.15, 0.2) is 33.9 Å². The molecule has 0 amide bonds. The first kappa shape index (κ1) is 15.8. The molecule has 7 heteroatoms. The Bertz CT molecular complexity index is 713. The fourth-order valence-electron chi connectivity index (χ4n) is 1.79. The molecule has 0 bridgehead atoms. The minimum absolute atomic E-state index is 0.209. The van der Waals surface area contributed by atoms with Crippen molar-refractivity contribution in [1.82, 2.24) is 0 Å². The number of nitrogens with one attached hydrogen (secondary N) is 1. The van der Waals surface area contributed by atoms with Crippen molar-refractivity contribution < 1.29 is 8.42 Å². The molecule has 3 nitrogen and oxygen atoms in total. The van der Waals surface area contributed by atoms with Gasteiger partial charge in [-0.25, -0.2) is 8.42 Å². The molecule has 0 unspecified atom stereocenters. The fourth-order valence-corrected chi connectivity index (χ4v) is 4.70. The van der Waals surface area contributed by atoms with Crippen LogP contribution in [0.4, 0.5) is 5.69 Å². The summed E-state index contributed by atoms with van der Waals surface area (Å²) in [6, 6.07) is 4.87. The largest absolute Gasteiger partial charge is 0.278 e. The summed E-state index contributed by atoms with van der Waals surface area (Å²) in [4.78, 5) is 0.209. The predicted molar refractivity (Wildman–Crippen MR) is 88.8 cm³/mol. The molecule has 1 aromatic carbocycles. The van der Waals surface area contributed by atoms with Crippen LogP contribution in [0.5, 0.6) is 0 Å². The molecule has 0 atom stereocenters. The van der Waals surface area contributed by atoms with Crippen molar-refractivity contribution in [3.63, 3.8) is 0 Å². The lowest BCUT2D eigenvalue weighted by Crippen LogP contribution is -2.15. The van der Waals surface area contributed by atoms with E-state index in [4.69, 9.17) is 11.6 Å². The summed E-state index contributed by atoms with van der Waals surface area (Å²) in [6.45, 7) is 1.70. The van der Waals surface area contributed by atoms with Crippen LogP contribution in [-0.4, -0.2) is 13.7 Å². The summed E-state index contributed by atoms with van der Waals surface area (Å²) in [7, 11) is -3.62. The van der Waals surface area contributed by atoms with Gasteiger partial charge in [-0.1, -0.05) is 33.6 Å². The Morgan fingerprint density at radius 3 is 2.80 bits per heavy atom. The van der Waals surface area contributed by atoms with E-state index in [1.54, 1.807) is 30.5 Å². The smallest absolute Gasteiger partial charge is 0.262 e. The van der Waals surface area contributed by atoms with Crippen LogP contribution in [0.25, 0.3) is 0 Å². The average Bonchev–Trinajstić information content (AvgIpc) is 2.80. The molecule has 0 aliphatic rings. The van der Waals surface area contributed by atoms with E-state index in [9.17, 15) is 8.42 Å². The standard InChI is InChI=1S/C13H13BrClNO2S2/c1-9-11(15)3-2-4-13(9)20(17,18)16-12-8-19-7-10(12)5-6-14/h2-4,7-8,16H,5-6H2,1H3. The number of thiophene rings is 1. The SMILES string of the molecule is Cc1c(Cl)cccc1S(=O)(=O)Nc1cscc1CCBr. The molecule has 0 aliphatic heterocycles. The van der Waals surface area contributed by atoms with Gasteiger partial charge in [0.15, 0.2) is 0 Å². The van der Waals surface area contributed by atoms with Crippen molar-refractivity contribution in [3.8, 4) is 0 Å². The molecular formula is C13H13BrClNO2S2. The lowest BCUT2D eigenvalue weighted by molar-refractivity contribution is 0.600. The van der Waals surface area contributed by atoms with Crippen LogP contribution >= 0.6 is 38.9 Å². The highest BCUT2D eigenvalue weighted by Gasteiger charge is 2.19. The Kier molecular flexibility index (Phi) is 5.12. The van der Waals surface area contributed by atoms with Gasteiger partial charge < -0.3 is 0 Å². The molecule has 1 aromatic heterocycles. The molecule has 0 spiro atoms. The van der Waals surface area contributed by atoms with Crippen molar-refractivity contribution in [1.29, 1.82) is 0 Å². The third kappa shape index (κ3) is 3.36. The predicted octanol–water partition coefficient (Wildman–Crippen LogP) is 4.45. The van der Waals surface area contributed by atoms with Gasteiger partial charge in [0.1, 0.15) is 0 Å². The van der Waals surface area contributed by atoms with E-state index in [1.165, 1.54) is 11.3 Å². The quantitative estimate of drug-likeness (QED) is 0.762. The first-order valence-electron chi connectivity index (χ1n) is 5.84. The molecule has 0 radical (unpaired) electrons. The molecule has 1 N–H and O–H groups in total. The maximum Gasteiger partial charge on any atom is 0.262 e. The van der Waals surface area contributed by atoms with Crippen LogP contribution in [-0.2, 0) is 16.4 Å². The Morgan fingerprint density at radius 1 is 1.35 bits per heavy atom. The summed E-state index contributed by atoms with van der Waals surface area (Å²) in [5.41, 5.74) is 2.17. The van der Waals surface area contributed by atoms with Crippen molar-refractivity contribution in [2.45, 2.75) is 18.2 Å². The van der Waals surface area contributed by atoms with Gasteiger partial charge in [0.25, 0.3) is 10.0 Å². The number of aryl methyl sites for hydroxylation is 1. The maximum atomic E-state index is 12.5. The van der Waals surface area contributed by atoms with E-state index < -0.39 is 10.0 Å². The molecule has 0 saturated carbocycles. The van der Waals surface area contributed by atoms with Gasteiger partial charge >= 0.3 is 0 Å². The van der Waals surface area contributed by atoms with Gasteiger partial charge in [0.05, 0.1) is 10.6 Å². The van der Waals surface area contributed by atoms with E-state index in [0.29, 0.717) is 16.3 Å². The monoisotopic (exact) mass is 393 g/mol. The minimum atomic E-state index is -3.62. The number of alkyl halides is 1. The van der Waals surface area contributed by atoms with Gasteiger partial charge in [0, 0.05) is 15.7 Å². The first-order chi connectivity index (χ1) is 9.45. The van der Waals surface area contributed by atoms with Gasteiger partial charge in [-0.3, -0.25) is 4.72 Å². The molecule has 2 rings (SSSR count). The summed E-state index contributed by atoms with van der Waals surface area (Å²) >= 11 is 10.8. The lowest BCUT2D eigenvalue weighted by atomic mass is 10.2. The maximum absolute atomic E-state index is 12.5. The molecule has 2 aromatic rings. The van der Waals surface area contributed by atoms with Crippen LogP contribution in [0, 0.1) is 6.92 Å². The normalized spacial score (nSPS) is 11.6. The molecule has 20 heavy (non-hydrogen) atoms. The van der Waals surface area contributed by atoms with Gasteiger partial charge in [-0.2, -0.15) is 0 Å². The third-order valence-corrected chi connectivity index (χ3v) is 5.97. The van der Waals surface area contributed by atoms with Crippen molar-refractivity contribution in [2.75, 3.05) is 10.1 Å². The molecule has 0 saturated heterocycles. The van der Waals surface area contributed by atoms with Crippen LogP contribution in [0.1, 0.15) is 11.1 Å². The Morgan fingerprint density at radius 2 is 2.10 bits per heavy atom. The summed E-state index contributed by atoms with van der Waals surface area (Å²) in [5.74, 6) is 0. The lowest BCUT2D eigenvalue weighted by Gasteiger charge is -2.11. The number of anilines is 1. The zero-order valence-electron chi connectivity index (χ0n) is 10.7. The number of hydrogen-bond donors (Lipinski definition) is 1. The number of halogens is 2. The van der Waals surface area contributed by atoms with Crippen LogP contribution in [0.2, 0.25) is 5.02 Å². The Balaban J connectivity index is 2.36. The zero-order valence-corrected chi connectivity index (χ0v) is 14.7. The molecule has 0 aliphatic carbocycles. The zero-order chi connectivity index (χ0) is 14.8. The molecule has 0 fully saturated rings. The molecule has 108 valence electrons. The van der Waals surface area contributed by atoms with Crippen molar-refractivity contribution in [2.24, 2.45) is 0 Å². The highest BCUT2D eigenvalue weighted by Crippen LogP contribution is 2.28. The van der Waals surface area contributed by atoms with Gasteiger partial charge in [-0.15, -0.1) is 11.3 Å². The molecular weight excluding hydrogens is 382 g/mol. The minimum Gasteiger partial charge on any atom is -0.278 e.